The first kappa shape index (κ1) is 41.1. The average molecular weight is 723 g/mol. The number of nitrogens with two attached hydrogens (primary N) is 1. The maximum Gasteiger partial charge on any atom is 0.342 e. The van der Waals surface area contributed by atoms with E-state index in [0.717, 1.165) is 28.1 Å². The third kappa shape index (κ3) is 10.4. The second-order valence-electron chi connectivity index (χ2n) is 12.4. The third-order valence-corrected chi connectivity index (χ3v) is 8.47. The summed E-state index contributed by atoms with van der Waals surface area (Å²) in [7, 11) is 1.56. The lowest BCUT2D eigenvalue weighted by atomic mass is 10.2. The highest BCUT2D eigenvalue weighted by molar-refractivity contribution is 6.11. The Hall–Kier alpha value is -6.34. The third-order valence-electron chi connectivity index (χ3n) is 8.47. The van der Waals surface area contributed by atoms with Crippen molar-refractivity contribution in [3.63, 3.8) is 0 Å². The van der Waals surface area contributed by atoms with Crippen LogP contribution in [0.4, 0.5) is 5.69 Å². The molecule has 2 aromatic heterocycles. The van der Waals surface area contributed by atoms with E-state index in [9.17, 15) is 24.0 Å². The summed E-state index contributed by atoms with van der Waals surface area (Å²) in [5, 5.41) is 6.82. The number of nitrogen functional groups attached to an aromatic ring is 1. The summed E-state index contributed by atoms with van der Waals surface area (Å²) in [5.74, 6) is 4.62. The van der Waals surface area contributed by atoms with Gasteiger partial charge in [0.1, 0.15) is 0 Å². The Morgan fingerprint density at radius 3 is 1.58 bits per heavy atom. The fraction of sp³-hybridized carbons (Fsp3) is 0.250. The zero-order valence-corrected chi connectivity index (χ0v) is 31.7. The Balaban J connectivity index is 0.000000200. The van der Waals surface area contributed by atoms with Crippen LogP contribution in [0.15, 0.2) is 98.3 Å². The van der Waals surface area contributed by atoms with Crippen molar-refractivity contribution >= 4 is 17.6 Å². The van der Waals surface area contributed by atoms with E-state index in [2.05, 4.69) is 20.4 Å². The SMILES string of the molecule is CC1=C(C)C(=O)OC1=O.COc1nn(-c2cccc(C)c2)c(=O)c(C)c1C.Cc1cccc(-n2[nH]c(=O)c(C)c(C)c2=O)c1.Cc1cccc(NN)c1. The Kier molecular flexibility index (Phi) is 14.1. The van der Waals surface area contributed by atoms with E-state index >= 15 is 0 Å². The number of methoxy groups -OCH3 is 1. The van der Waals surface area contributed by atoms with Crippen LogP contribution < -0.4 is 32.7 Å². The van der Waals surface area contributed by atoms with Gasteiger partial charge in [-0.05, 0) is 115 Å². The number of aromatic nitrogens is 4. The number of H-pyrrole nitrogens is 1. The number of nitrogens with one attached hydrogen (secondary N) is 2. The standard InChI is InChI=1S/C14H16N2O2.C13H14N2O2.C7H10N2.C6H6O3/c1-9-6-5-7-12(8-9)16-14(17)11(3)10(2)13(15-16)18-4;1-8-5-4-6-11(7-8)15-13(17)10(3)9(2)12(16)14-15;1-6-3-2-4-7(5-6)9-8;1-3-4(2)6(8)9-5(3)7/h5-8H,1-4H3;4-7H,1-3H3,(H,14,16);2-5,9H,8H2,1H3;1-2H3. The monoisotopic (exact) mass is 722 g/mol. The lowest BCUT2D eigenvalue weighted by Crippen LogP contribution is -2.32. The zero-order valence-electron chi connectivity index (χ0n) is 31.7. The highest BCUT2D eigenvalue weighted by Crippen LogP contribution is 2.17. The van der Waals surface area contributed by atoms with Crippen LogP contribution in [0.25, 0.3) is 11.4 Å². The largest absolute Gasteiger partial charge is 0.480 e. The van der Waals surface area contributed by atoms with Crippen molar-refractivity contribution in [3.05, 3.63) is 154 Å². The first-order valence-corrected chi connectivity index (χ1v) is 16.6. The van der Waals surface area contributed by atoms with Crippen LogP contribution in [0.2, 0.25) is 0 Å². The van der Waals surface area contributed by atoms with Crippen molar-refractivity contribution < 1.29 is 19.1 Å². The van der Waals surface area contributed by atoms with Gasteiger partial charge < -0.3 is 14.9 Å². The van der Waals surface area contributed by atoms with Gasteiger partial charge >= 0.3 is 11.9 Å². The molecule has 0 saturated heterocycles. The molecule has 13 heteroatoms. The second-order valence-corrected chi connectivity index (χ2v) is 12.4. The predicted molar refractivity (Wildman–Crippen MR) is 206 cm³/mol. The normalized spacial score (nSPS) is 11.7. The molecule has 6 rings (SSSR count). The van der Waals surface area contributed by atoms with Crippen molar-refractivity contribution in [2.24, 2.45) is 5.84 Å². The van der Waals surface area contributed by atoms with E-state index in [1.165, 1.54) is 14.9 Å². The molecule has 13 nitrogen and oxygen atoms in total. The molecule has 0 amide bonds. The average Bonchev–Trinajstić information content (AvgIpc) is 3.36. The van der Waals surface area contributed by atoms with Gasteiger partial charge in [0, 0.05) is 39.1 Å². The number of nitrogens with zero attached hydrogens (tertiary/aromatic N) is 3. The van der Waals surface area contributed by atoms with Crippen LogP contribution >= 0.6 is 0 Å². The summed E-state index contributed by atoms with van der Waals surface area (Å²) in [6.07, 6.45) is 0. The van der Waals surface area contributed by atoms with E-state index in [-0.39, 0.29) is 16.7 Å². The van der Waals surface area contributed by atoms with Crippen molar-refractivity contribution in [1.82, 2.24) is 19.6 Å². The van der Waals surface area contributed by atoms with Crippen LogP contribution in [0.1, 0.15) is 52.8 Å². The molecule has 0 spiro atoms. The summed E-state index contributed by atoms with van der Waals surface area (Å²) >= 11 is 0. The molecule has 3 aromatic carbocycles. The molecule has 3 heterocycles. The summed E-state index contributed by atoms with van der Waals surface area (Å²) in [6.45, 7) is 16.0. The number of ether oxygens (including phenoxy) is 2. The van der Waals surface area contributed by atoms with Gasteiger partial charge in [-0.1, -0.05) is 36.4 Å². The topological polar surface area (TPSA) is 180 Å². The number of carbonyl (C=O) groups is 2. The molecule has 1 aliphatic heterocycles. The number of hydrogen-bond donors (Lipinski definition) is 3. The maximum absolute atomic E-state index is 12.2. The quantitative estimate of drug-likeness (QED) is 0.0953. The van der Waals surface area contributed by atoms with Gasteiger partial charge in [0.25, 0.3) is 16.7 Å². The number of rotatable bonds is 4. The first-order valence-electron chi connectivity index (χ1n) is 16.6. The van der Waals surface area contributed by atoms with E-state index in [1.807, 2.05) is 94.4 Å². The number of hydrogen-bond acceptors (Lipinski definition) is 10. The van der Waals surface area contributed by atoms with Gasteiger partial charge in [-0.15, -0.1) is 5.10 Å². The Labute approximate surface area is 307 Å². The molecule has 1 aliphatic rings. The van der Waals surface area contributed by atoms with Crippen molar-refractivity contribution in [3.8, 4) is 17.3 Å². The molecule has 278 valence electrons. The summed E-state index contributed by atoms with van der Waals surface area (Å²) in [6, 6.07) is 23.0. The number of aromatic amines is 1. The molecule has 0 atom stereocenters. The van der Waals surface area contributed by atoms with Crippen LogP contribution in [0.3, 0.4) is 0 Å². The van der Waals surface area contributed by atoms with Gasteiger partial charge in [-0.25, -0.2) is 14.3 Å². The van der Waals surface area contributed by atoms with Crippen LogP contribution in [0.5, 0.6) is 5.88 Å². The van der Waals surface area contributed by atoms with Crippen LogP contribution in [-0.2, 0) is 14.3 Å². The Morgan fingerprint density at radius 1 is 0.642 bits per heavy atom. The number of carbonyl (C=O) groups excluding carboxylic acids is 2. The smallest absolute Gasteiger partial charge is 0.342 e. The number of esters is 2. The van der Waals surface area contributed by atoms with Gasteiger partial charge in [0.15, 0.2) is 0 Å². The van der Waals surface area contributed by atoms with E-state index in [4.69, 9.17) is 10.6 Å². The molecule has 4 N–H and O–H groups in total. The molecular formula is C40H46N6O7. The van der Waals surface area contributed by atoms with Crippen molar-refractivity contribution in [1.29, 1.82) is 0 Å². The highest BCUT2D eigenvalue weighted by atomic mass is 16.6. The molecule has 0 aliphatic carbocycles. The number of cyclic esters (lactones) is 2. The van der Waals surface area contributed by atoms with Crippen molar-refractivity contribution in [2.75, 3.05) is 12.5 Å². The van der Waals surface area contributed by atoms with E-state index in [1.54, 1.807) is 47.8 Å². The van der Waals surface area contributed by atoms with Gasteiger partial charge in [-0.2, -0.15) is 4.68 Å². The van der Waals surface area contributed by atoms with Gasteiger partial charge in [-0.3, -0.25) is 25.3 Å². The minimum Gasteiger partial charge on any atom is -0.480 e. The zero-order chi connectivity index (χ0) is 39.6. The maximum atomic E-state index is 12.2. The lowest BCUT2D eigenvalue weighted by Gasteiger charge is -2.11. The molecule has 53 heavy (non-hydrogen) atoms. The predicted octanol–water partition coefficient (Wildman–Crippen LogP) is 5.30. The fourth-order valence-electron chi connectivity index (χ4n) is 4.78. The van der Waals surface area contributed by atoms with E-state index in [0.29, 0.717) is 39.4 Å². The summed E-state index contributed by atoms with van der Waals surface area (Å²) in [4.78, 5) is 56.9. The second kappa shape index (κ2) is 18.2. The molecule has 0 bridgehead atoms. The highest BCUT2D eigenvalue weighted by Gasteiger charge is 2.25. The Bertz CT molecular complexity index is 2330. The molecule has 0 saturated carbocycles. The minimum atomic E-state index is -0.516. The lowest BCUT2D eigenvalue weighted by molar-refractivity contribution is -0.151. The molecular weight excluding hydrogens is 676 g/mol. The molecule has 0 radical (unpaired) electrons. The summed E-state index contributed by atoms with van der Waals surface area (Å²) in [5.41, 5.74) is 11.0. The van der Waals surface area contributed by atoms with Crippen LogP contribution in [0, 0.1) is 48.5 Å². The Morgan fingerprint density at radius 2 is 1.13 bits per heavy atom. The fourth-order valence-corrected chi connectivity index (χ4v) is 4.78. The van der Waals surface area contributed by atoms with Crippen molar-refractivity contribution in [2.45, 2.75) is 62.3 Å². The molecule has 5 aromatic rings. The minimum absolute atomic E-state index is 0.112. The first-order chi connectivity index (χ1) is 25.0. The van der Waals surface area contributed by atoms with Gasteiger partial charge in [0.05, 0.1) is 18.5 Å². The van der Waals surface area contributed by atoms with Crippen LogP contribution in [-0.4, -0.2) is 38.6 Å². The molecule has 0 fully saturated rings. The number of hydrazine groups is 1. The van der Waals surface area contributed by atoms with E-state index < -0.39 is 11.9 Å². The van der Waals surface area contributed by atoms with Gasteiger partial charge in [0.2, 0.25) is 5.88 Å². The summed E-state index contributed by atoms with van der Waals surface area (Å²) < 4.78 is 12.1. The molecule has 0 unspecified atom stereocenters. The number of anilines is 1. The number of benzene rings is 3. The number of aryl methyl sites for hydroxylation is 3.